The third-order valence-corrected chi connectivity index (χ3v) is 3.88. The van der Waals surface area contributed by atoms with Crippen LogP contribution in [-0.4, -0.2) is 34.6 Å². The highest BCUT2D eigenvalue weighted by Crippen LogP contribution is 2.18. The van der Waals surface area contributed by atoms with E-state index < -0.39 is 6.10 Å². The van der Waals surface area contributed by atoms with Crippen molar-refractivity contribution in [2.24, 2.45) is 0 Å². The molecule has 2 atom stereocenters. The molecule has 1 aromatic carbocycles. The molecule has 0 spiro atoms. The summed E-state index contributed by atoms with van der Waals surface area (Å²) in [6.45, 7) is 5.99. The highest BCUT2D eigenvalue weighted by Gasteiger charge is 2.13. The van der Waals surface area contributed by atoms with Gasteiger partial charge in [0.05, 0.1) is 24.5 Å². The van der Waals surface area contributed by atoms with Gasteiger partial charge in [0.2, 0.25) is 0 Å². The van der Waals surface area contributed by atoms with Gasteiger partial charge in [-0.1, -0.05) is 30.3 Å². The minimum Gasteiger partial charge on any atom is -0.389 e. The lowest BCUT2D eigenvalue weighted by molar-refractivity contribution is 0.00240. The number of nitriles is 1. The highest BCUT2D eigenvalue weighted by atomic mass is 16.5. The largest absolute Gasteiger partial charge is 0.389 e. The molecule has 2 rings (SSSR count). The Balaban J connectivity index is 1.87. The van der Waals surface area contributed by atoms with Gasteiger partial charge in [0.25, 0.3) is 0 Å². The molecular weight excluding hydrogens is 304 g/mol. The third-order valence-electron chi connectivity index (χ3n) is 3.88. The Bertz CT molecular complexity index is 713. The average molecular weight is 326 g/mol. The minimum absolute atomic E-state index is 0.100. The van der Waals surface area contributed by atoms with Gasteiger partial charge in [-0.05, 0) is 31.9 Å². The highest BCUT2D eigenvalue weighted by molar-refractivity contribution is 5.55. The Morgan fingerprint density at radius 3 is 2.62 bits per heavy atom. The van der Waals surface area contributed by atoms with Crippen LogP contribution in [0.5, 0.6) is 0 Å². The maximum absolute atomic E-state index is 10.1. The molecule has 24 heavy (non-hydrogen) atoms. The van der Waals surface area contributed by atoms with Crippen LogP contribution in [-0.2, 0) is 4.74 Å². The molecule has 0 saturated carbocycles. The van der Waals surface area contributed by atoms with Crippen molar-refractivity contribution in [3.05, 3.63) is 52.7 Å². The second-order valence-corrected chi connectivity index (χ2v) is 5.67. The number of nitrogens with one attached hydrogen (secondary N) is 1. The van der Waals surface area contributed by atoms with E-state index in [9.17, 15) is 10.4 Å². The number of aliphatic hydroxyl groups excluding tert-OH is 1. The Morgan fingerprint density at radius 1 is 1.25 bits per heavy atom. The van der Waals surface area contributed by atoms with E-state index >= 15 is 0 Å². The molecule has 0 aliphatic heterocycles. The smallest absolute Gasteiger partial charge is 0.167 e. The van der Waals surface area contributed by atoms with Gasteiger partial charge < -0.3 is 15.2 Å². The zero-order valence-corrected chi connectivity index (χ0v) is 14.2. The molecule has 1 heterocycles. The molecule has 0 aliphatic rings. The van der Waals surface area contributed by atoms with Gasteiger partial charge in [-0.3, -0.25) is 0 Å². The molecule has 6 nitrogen and oxygen atoms in total. The second-order valence-electron chi connectivity index (χ2n) is 5.67. The van der Waals surface area contributed by atoms with Crippen LogP contribution in [0.15, 0.2) is 30.3 Å². The van der Waals surface area contributed by atoms with Crippen molar-refractivity contribution in [3.8, 4) is 6.07 Å². The molecule has 2 N–H and O–H groups in total. The summed E-state index contributed by atoms with van der Waals surface area (Å²) in [5.74, 6) is 0.385. The minimum atomic E-state index is -0.717. The van der Waals surface area contributed by atoms with Crippen LogP contribution in [0.1, 0.15) is 35.4 Å². The first-order valence-corrected chi connectivity index (χ1v) is 7.85. The molecule has 2 aromatic rings. The van der Waals surface area contributed by atoms with E-state index in [1.165, 1.54) is 0 Å². The average Bonchev–Trinajstić information content (AvgIpc) is 2.61. The van der Waals surface area contributed by atoms with E-state index in [0.29, 0.717) is 11.4 Å². The first-order valence-electron chi connectivity index (χ1n) is 7.85. The van der Waals surface area contributed by atoms with Crippen molar-refractivity contribution in [1.82, 2.24) is 10.2 Å². The summed E-state index contributed by atoms with van der Waals surface area (Å²) in [5, 5.41) is 30.3. The normalized spacial score (nSPS) is 13.1. The summed E-state index contributed by atoms with van der Waals surface area (Å²) in [4.78, 5) is 0. The monoisotopic (exact) mass is 326 g/mol. The summed E-state index contributed by atoms with van der Waals surface area (Å²) < 4.78 is 5.69. The van der Waals surface area contributed by atoms with Crippen molar-refractivity contribution in [2.75, 3.05) is 18.5 Å². The van der Waals surface area contributed by atoms with Gasteiger partial charge in [-0.15, -0.1) is 5.10 Å². The molecule has 126 valence electrons. The Labute approximate surface area is 142 Å². The second kappa shape index (κ2) is 8.39. The molecule has 0 radical (unpaired) electrons. The van der Waals surface area contributed by atoms with Crippen molar-refractivity contribution >= 4 is 5.82 Å². The maximum Gasteiger partial charge on any atom is 0.167 e. The molecule has 0 amide bonds. The van der Waals surface area contributed by atoms with Crippen LogP contribution in [0.4, 0.5) is 5.82 Å². The fourth-order valence-electron chi connectivity index (χ4n) is 2.22. The number of benzene rings is 1. The van der Waals surface area contributed by atoms with Gasteiger partial charge in [-0.25, -0.2) is 0 Å². The first-order chi connectivity index (χ1) is 11.5. The topological polar surface area (TPSA) is 91.1 Å². The Hall–Kier alpha value is -2.49. The summed E-state index contributed by atoms with van der Waals surface area (Å²) in [6.07, 6.45) is -0.817. The van der Waals surface area contributed by atoms with Gasteiger partial charge in [-0.2, -0.15) is 10.4 Å². The number of hydrogen-bond acceptors (Lipinski definition) is 6. The van der Waals surface area contributed by atoms with E-state index in [-0.39, 0.29) is 19.3 Å². The van der Waals surface area contributed by atoms with E-state index in [2.05, 4.69) is 21.6 Å². The number of aliphatic hydroxyl groups is 1. The molecule has 0 unspecified atom stereocenters. The van der Waals surface area contributed by atoms with E-state index in [4.69, 9.17) is 4.74 Å². The Kier molecular flexibility index (Phi) is 6.24. The number of nitrogens with zero attached hydrogens (tertiary/aromatic N) is 3. The number of aryl methyl sites for hydroxylation is 1. The van der Waals surface area contributed by atoms with Crippen LogP contribution in [0.2, 0.25) is 0 Å². The lowest BCUT2D eigenvalue weighted by atomic mass is 10.1. The summed E-state index contributed by atoms with van der Waals surface area (Å²) in [5.41, 5.74) is 3.02. The predicted molar refractivity (Wildman–Crippen MR) is 91.5 cm³/mol. The molecule has 0 fully saturated rings. The number of ether oxygens (including phenoxy) is 1. The van der Waals surface area contributed by atoms with Gasteiger partial charge in [0, 0.05) is 6.54 Å². The van der Waals surface area contributed by atoms with Crippen molar-refractivity contribution in [1.29, 1.82) is 5.26 Å². The van der Waals surface area contributed by atoms with Gasteiger partial charge in [0.15, 0.2) is 5.82 Å². The molecule has 0 aliphatic carbocycles. The zero-order valence-electron chi connectivity index (χ0n) is 14.2. The van der Waals surface area contributed by atoms with Crippen LogP contribution in [0, 0.1) is 25.2 Å². The number of rotatable bonds is 7. The van der Waals surface area contributed by atoms with Crippen LogP contribution in [0.25, 0.3) is 0 Å². The fraction of sp³-hybridized carbons (Fsp3) is 0.389. The summed E-state index contributed by atoms with van der Waals surface area (Å²) in [7, 11) is 0. The number of hydrogen-bond donors (Lipinski definition) is 2. The molecule has 1 aromatic heterocycles. The lowest BCUT2D eigenvalue weighted by Gasteiger charge is -2.18. The summed E-state index contributed by atoms with van der Waals surface area (Å²) >= 11 is 0. The van der Waals surface area contributed by atoms with Crippen LogP contribution < -0.4 is 5.32 Å². The molecule has 0 saturated heterocycles. The van der Waals surface area contributed by atoms with Crippen LogP contribution in [0.3, 0.4) is 0 Å². The predicted octanol–water partition coefficient (Wildman–Crippen LogP) is 2.52. The van der Waals surface area contributed by atoms with E-state index in [0.717, 1.165) is 16.8 Å². The standard InChI is InChI=1S/C18H22N4O2/c1-12-13(2)21-22-18(17(12)9-19)20-10-16(23)11-24-14(3)15-7-5-4-6-8-15/h4-8,14,16,23H,10-11H2,1-3H3,(H,20,22)/t14-,16+/m1/s1. The third kappa shape index (κ3) is 4.51. The van der Waals surface area contributed by atoms with Crippen LogP contribution >= 0.6 is 0 Å². The zero-order chi connectivity index (χ0) is 17.5. The quantitative estimate of drug-likeness (QED) is 0.812. The fourth-order valence-corrected chi connectivity index (χ4v) is 2.22. The molecular formula is C18H22N4O2. The Morgan fingerprint density at radius 2 is 1.96 bits per heavy atom. The van der Waals surface area contributed by atoms with Crippen molar-refractivity contribution in [2.45, 2.75) is 33.0 Å². The summed E-state index contributed by atoms with van der Waals surface area (Å²) in [6, 6.07) is 12.0. The van der Waals surface area contributed by atoms with Gasteiger partial charge >= 0.3 is 0 Å². The van der Waals surface area contributed by atoms with E-state index in [1.807, 2.05) is 44.2 Å². The number of aromatic nitrogens is 2. The first kappa shape index (κ1) is 17.9. The molecule has 0 bridgehead atoms. The lowest BCUT2D eigenvalue weighted by Crippen LogP contribution is -2.26. The van der Waals surface area contributed by atoms with Gasteiger partial charge in [0.1, 0.15) is 11.6 Å². The maximum atomic E-state index is 10.1. The van der Waals surface area contributed by atoms with E-state index in [1.54, 1.807) is 6.92 Å². The van der Waals surface area contributed by atoms with Crippen molar-refractivity contribution in [3.63, 3.8) is 0 Å². The van der Waals surface area contributed by atoms with Crippen molar-refractivity contribution < 1.29 is 9.84 Å². The number of anilines is 1. The molecule has 6 heteroatoms. The SMILES string of the molecule is Cc1nnc(NC[C@H](O)CO[C@H](C)c2ccccc2)c(C#N)c1C.